The van der Waals surface area contributed by atoms with Gasteiger partial charge >= 0.3 is 0 Å². The van der Waals surface area contributed by atoms with Crippen LogP contribution in [-0.4, -0.2) is 0 Å². The first-order valence-electron chi connectivity index (χ1n) is 2.32. The second kappa shape index (κ2) is 4.02. The van der Waals surface area contributed by atoms with E-state index in [2.05, 4.69) is 19.1 Å². The third kappa shape index (κ3) is 2.41. The van der Waals surface area contributed by atoms with Gasteiger partial charge in [0.2, 0.25) is 0 Å². The van der Waals surface area contributed by atoms with E-state index >= 15 is 0 Å². The van der Waals surface area contributed by atoms with Gasteiger partial charge in [-0.15, -0.1) is 0 Å². The standard InChI is InChI=1S/C7H7.Hf/c1-7-5-3-2-4-6-7;/h2-3,5-6H,1H3;. The van der Waals surface area contributed by atoms with E-state index in [1.807, 2.05) is 18.2 Å². The van der Waals surface area contributed by atoms with Crippen molar-refractivity contribution in [2.45, 2.75) is 6.92 Å². The van der Waals surface area contributed by atoms with E-state index in [1.54, 1.807) is 0 Å². The summed E-state index contributed by atoms with van der Waals surface area (Å²) in [6.45, 7) is 2.05. The Labute approximate surface area is 68.7 Å². The molecule has 1 heteroatoms. The van der Waals surface area contributed by atoms with Gasteiger partial charge in [0.25, 0.3) is 0 Å². The molecule has 0 heterocycles. The van der Waals surface area contributed by atoms with Gasteiger partial charge in [0.1, 0.15) is 0 Å². The molecule has 0 aliphatic heterocycles. The minimum Gasteiger partial charge on any atom is -0.0614 e. The molecular formula is C7H7Hf. The Balaban J connectivity index is 0.000000490. The molecule has 1 radical (unpaired) electrons. The molecule has 0 atom stereocenters. The van der Waals surface area contributed by atoms with Gasteiger partial charge in [-0.05, 0) is 13.0 Å². The van der Waals surface area contributed by atoms with Crippen molar-refractivity contribution in [3.63, 3.8) is 0 Å². The first-order chi connectivity index (χ1) is 3.39. The molecule has 0 nitrogen and oxygen atoms in total. The SMILES string of the molecule is Cc1c[c]ccc1.[Hf]. The summed E-state index contributed by atoms with van der Waals surface area (Å²) in [7, 11) is 0. The van der Waals surface area contributed by atoms with E-state index in [9.17, 15) is 0 Å². The van der Waals surface area contributed by atoms with E-state index in [0.717, 1.165) is 0 Å². The molecule has 0 aliphatic rings. The zero-order chi connectivity index (χ0) is 5.11. The van der Waals surface area contributed by atoms with Gasteiger partial charge in [0.05, 0.1) is 0 Å². The molecule has 0 bridgehead atoms. The fourth-order valence-electron chi connectivity index (χ4n) is 0.483. The predicted molar refractivity (Wildman–Crippen MR) is 30.0 cm³/mol. The van der Waals surface area contributed by atoms with Crippen molar-refractivity contribution >= 4 is 0 Å². The van der Waals surface area contributed by atoms with Crippen molar-refractivity contribution < 1.29 is 25.8 Å². The van der Waals surface area contributed by atoms with Gasteiger partial charge in [-0.3, -0.25) is 0 Å². The fourth-order valence-corrected chi connectivity index (χ4v) is 0.483. The summed E-state index contributed by atoms with van der Waals surface area (Å²) in [5.41, 5.74) is 1.27. The minimum atomic E-state index is 0. The fraction of sp³-hybridized carbons (Fsp3) is 0.143. The van der Waals surface area contributed by atoms with Gasteiger partial charge in [-0.1, -0.05) is 29.8 Å². The largest absolute Gasteiger partial charge is 0.0614 e. The Bertz CT molecular complexity index is 134. The molecule has 0 unspecified atom stereocenters. The first-order valence-corrected chi connectivity index (χ1v) is 2.32. The summed E-state index contributed by atoms with van der Waals surface area (Å²) in [6, 6.07) is 10.8. The Morgan fingerprint density at radius 2 is 2.25 bits per heavy atom. The molecule has 1 rings (SSSR count). The molecule has 0 saturated heterocycles. The molecular weight excluding hydrogens is 263 g/mol. The average molecular weight is 270 g/mol. The Hall–Kier alpha value is 0.0901. The van der Waals surface area contributed by atoms with E-state index in [4.69, 9.17) is 0 Å². The third-order valence-electron chi connectivity index (χ3n) is 0.863. The maximum atomic E-state index is 2.96. The minimum absolute atomic E-state index is 0. The molecule has 1 aromatic carbocycles. The average Bonchev–Trinajstić information content (AvgIpc) is 1.69. The van der Waals surface area contributed by atoms with Crippen molar-refractivity contribution in [1.82, 2.24) is 0 Å². The number of rotatable bonds is 0. The maximum absolute atomic E-state index is 2.96. The molecule has 0 aromatic heterocycles. The third-order valence-corrected chi connectivity index (χ3v) is 0.863. The zero-order valence-corrected chi connectivity index (χ0v) is 8.40. The van der Waals surface area contributed by atoms with Crippen LogP contribution in [-0.2, 0) is 25.8 Å². The topological polar surface area (TPSA) is 0 Å². The van der Waals surface area contributed by atoms with E-state index in [-0.39, 0.29) is 25.8 Å². The summed E-state index contributed by atoms with van der Waals surface area (Å²) in [5, 5.41) is 0. The van der Waals surface area contributed by atoms with Crippen LogP contribution in [0.15, 0.2) is 24.3 Å². The van der Waals surface area contributed by atoms with Gasteiger partial charge in [-0.2, -0.15) is 0 Å². The van der Waals surface area contributed by atoms with Gasteiger partial charge in [-0.25, -0.2) is 0 Å². The van der Waals surface area contributed by atoms with Crippen molar-refractivity contribution in [2.75, 3.05) is 0 Å². The second-order valence-corrected chi connectivity index (χ2v) is 1.58. The number of aryl methyl sites for hydroxylation is 1. The summed E-state index contributed by atoms with van der Waals surface area (Å²) in [5.74, 6) is 0. The maximum Gasteiger partial charge on any atom is 0 e. The van der Waals surface area contributed by atoms with Crippen LogP contribution < -0.4 is 0 Å². The second-order valence-electron chi connectivity index (χ2n) is 1.58. The number of hydrogen-bond donors (Lipinski definition) is 0. The van der Waals surface area contributed by atoms with E-state index in [0.29, 0.717) is 0 Å². The van der Waals surface area contributed by atoms with Crippen molar-refractivity contribution in [3.8, 4) is 0 Å². The monoisotopic (exact) mass is 271 g/mol. The van der Waals surface area contributed by atoms with E-state index < -0.39 is 0 Å². The Morgan fingerprint density at radius 1 is 1.50 bits per heavy atom. The van der Waals surface area contributed by atoms with E-state index in [1.165, 1.54) is 5.56 Å². The Kier molecular flexibility index (Phi) is 4.06. The number of hydrogen-bond acceptors (Lipinski definition) is 0. The van der Waals surface area contributed by atoms with Crippen LogP contribution in [0.1, 0.15) is 5.56 Å². The quantitative estimate of drug-likeness (QED) is 0.630. The van der Waals surface area contributed by atoms with Gasteiger partial charge < -0.3 is 0 Å². The van der Waals surface area contributed by atoms with Crippen LogP contribution in [0, 0.1) is 13.0 Å². The molecule has 0 spiro atoms. The molecule has 1 aromatic rings. The summed E-state index contributed by atoms with van der Waals surface area (Å²) >= 11 is 0. The van der Waals surface area contributed by atoms with Crippen LogP contribution in [0.2, 0.25) is 0 Å². The molecule has 0 saturated carbocycles. The van der Waals surface area contributed by atoms with Crippen LogP contribution in [0.25, 0.3) is 0 Å². The van der Waals surface area contributed by atoms with Gasteiger partial charge in [0, 0.05) is 25.8 Å². The summed E-state index contributed by atoms with van der Waals surface area (Å²) < 4.78 is 0. The predicted octanol–water partition coefficient (Wildman–Crippen LogP) is 1.79. The zero-order valence-electron chi connectivity index (χ0n) is 4.81. The summed E-state index contributed by atoms with van der Waals surface area (Å²) in [6.07, 6.45) is 0. The molecule has 8 heavy (non-hydrogen) atoms. The van der Waals surface area contributed by atoms with Crippen LogP contribution in [0.4, 0.5) is 0 Å². The van der Waals surface area contributed by atoms with Crippen LogP contribution in [0.3, 0.4) is 0 Å². The van der Waals surface area contributed by atoms with Gasteiger partial charge in [0.15, 0.2) is 0 Å². The molecule has 0 N–H and O–H groups in total. The first kappa shape index (κ1) is 8.09. The Morgan fingerprint density at radius 3 is 2.50 bits per heavy atom. The molecule has 0 amide bonds. The van der Waals surface area contributed by atoms with Crippen molar-refractivity contribution in [3.05, 3.63) is 35.9 Å². The molecule has 0 aliphatic carbocycles. The number of benzene rings is 1. The summed E-state index contributed by atoms with van der Waals surface area (Å²) in [4.78, 5) is 0. The van der Waals surface area contributed by atoms with Crippen LogP contribution >= 0.6 is 0 Å². The van der Waals surface area contributed by atoms with Crippen molar-refractivity contribution in [2.24, 2.45) is 0 Å². The smallest absolute Gasteiger partial charge is 0 e. The van der Waals surface area contributed by atoms with Crippen molar-refractivity contribution in [1.29, 1.82) is 0 Å². The molecule has 39 valence electrons. The normalized spacial score (nSPS) is 7.62. The molecule has 0 fully saturated rings. The van der Waals surface area contributed by atoms with Crippen LogP contribution in [0.5, 0.6) is 0 Å².